The Morgan fingerprint density at radius 3 is 2.71 bits per heavy atom. The zero-order valence-corrected chi connectivity index (χ0v) is 8.70. The van der Waals surface area contributed by atoms with Crippen LogP contribution in [-0.4, -0.2) is 16.1 Å². The first-order valence-corrected chi connectivity index (χ1v) is 4.68. The molecule has 4 heteroatoms. The molecule has 0 N–H and O–H groups in total. The molecule has 0 saturated heterocycles. The Morgan fingerprint density at radius 1 is 1.43 bits per heavy atom. The fraction of sp³-hybridized carbons (Fsp3) is 0.600. The topological polar surface area (TPSA) is 44.1 Å². The first-order chi connectivity index (χ1) is 6.54. The number of fused-ring (bicyclic) bond motifs is 1. The maximum atomic E-state index is 10.8. The molecule has 1 aromatic heterocycles. The maximum absolute atomic E-state index is 10.8. The minimum atomic E-state index is -0.0982. The second kappa shape index (κ2) is 2.92. The molecule has 1 aliphatic heterocycles. The summed E-state index contributed by atoms with van der Waals surface area (Å²) in [5.74, 6) is 0. The molecule has 0 amide bonds. The van der Waals surface area contributed by atoms with Crippen LogP contribution in [0.15, 0.2) is 0 Å². The predicted octanol–water partition coefficient (Wildman–Crippen LogP) is 1.48. The number of hydrogen-bond acceptors (Lipinski definition) is 3. The van der Waals surface area contributed by atoms with Crippen molar-refractivity contribution in [3.05, 3.63) is 17.0 Å². The van der Waals surface area contributed by atoms with E-state index in [9.17, 15) is 4.79 Å². The SMILES string of the molecule is CC(C)(C)n1nc(C=O)c2c1COC2. The monoisotopic (exact) mass is 194 g/mol. The van der Waals surface area contributed by atoms with Gasteiger partial charge in [-0.25, -0.2) is 0 Å². The lowest BCUT2D eigenvalue weighted by Gasteiger charge is -2.21. The van der Waals surface area contributed by atoms with E-state index in [0.717, 1.165) is 17.5 Å². The number of hydrogen-bond donors (Lipinski definition) is 0. The van der Waals surface area contributed by atoms with E-state index in [1.165, 1.54) is 0 Å². The third kappa shape index (κ3) is 1.26. The molecule has 0 spiro atoms. The summed E-state index contributed by atoms with van der Waals surface area (Å²) >= 11 is 0. The molecule has 4 nitrogen and oxygen atoms in total. The average Bonchev–Trinajstić information content (AvgIpc) is 2.59. The summed E-state index contributed by atoms with van der Waals surface area (Å²) in [5.41, 5.74) is 2.42. The van der Waals surface area contributed by atoms with Crippen molar-refractivity contribution in [2.45, 2.75) is 39.5 Å². The number of rotatable bonds is 1. The van der Waals surface area contributed by atoms with Gasteiger partial charge in [0.05, 0.1) is 24.4 Å². The van der Waals surface area contributed by atoms with Crippen LogP contribution in [0.3, 0.4) is 0 Å². The number of ether oxygens (including phenoxy) is 1. The van der Waals surface area contributed by atoms with Crippen molar-refractivity contribution >= 4 is 6.29 Å². The summed E-state index contributed by atoms with van der Waals surface area (Å²) in [7, 11) is 0. The number of nitrogens with zero attached hydrogens (tertiary/aromatic N) is 2. The summed E-state index contributed by atoms with van der Waals surface area (Å²) in [6, 6.07) is 0. The van der Waals surface area contributed by atoms with E-state index in [4.69, 9.17) is 4.74 Å². The highest BCUT2D eigenvalue weighted by Gasteiger charge is 2.27. The van der Waals surface area contributed by atoms with Crippen molar-refractivity contribution in [3.8, 4) is 0 Å². The van der Waals surface area contributed by atoms with Crippen molar-refractivity contribution in [1.82, 2.24) is 9.78 Å². The lowest BCUT2D eigenvalue weighted by Crippen LogP contribution is -2.25. The highest BCUT2D eigenvalue weighted by Crippen LogP contribution is 2.27. The quantitative estimate of drug-likeness (QED) is 0.636. The van der Waals surface area contributed by atoms with E-state index >= 15 is 0 Å². The second-order valence-corrected chi connectivity index (χ2v) is 4.50. The van der Waals surface area contributed by atoms with Gasteiger partial charge in [0.1, 0.15) is 5.69 Å². The minimum absolute atomic E-state index is 0.0982. The van der Waals surface area contributed by atoms with Crippen molar-refractivity contribution in [2.75, 3.05) is 0 Å². The Morgan fingerprint density at radius 2 is 2.14 bits per heavy atom. The van der Waals surface area contributed by atoms with Crippen LogP contribution in [-0.2, 0) is 23.5 Å². The first-order valence-electron chi connectivity index (χ1n) is 4.68. The smallest absolute Gasteiger partial charge is 0.170 e. The molecule has 0 aliphatic carbocycles. The molecule has 1 aromatic rings. The molecule has 1 aliphatic rings. The predicted molar refractivity (Wildman–Crippen MR) is 51.1 cm³/mol. The van der Waals surface area contributed by atoms with Gasteiger partial charge in [0.2, 0.25) is 0 Å². The molecule has 0 atom stereocenters. The van der Waals surface area contributed by atoms with Gasteiger partial charge >= 0.3 is 0 Å². The lowest BCUT2D eigenvalue weighted by molar-refractivity contribution is 0.109. The highest BCUT2D eigenvalue weighted by atomic mass is 16.5. The second-order valence-electron chi connectivity index (χ2n) is 4.50. The summed E-state index contributed by atoms with van der Waals surface area (Å²) in [6.07, 6.45) is 0.801. The lowest BCUT2D eigenvalue weighted by atomic mass is 10.1. The van der Waals surface area contributed by atoms with Gasteiger partial charge in [-0.15, -0.1) is 0 Å². The van der Waals surface area contributed by atoms with E-state index in [0.29, 0.717) is 18.9 Å². The zero-order valence-electron chi connectivity index (χ0n) is 8.70. The number of carbonyl (C=O) groups is 1. The summed E-state index contributed by atoms with van der Waals surface area (Å²) < 4.78 is 7.20. The van der Waals surface area contributed by atoms with Crippen molar-refractivity contribution in [1.29, 1.82) is 0 Å². The van der Waals surface area contributed by atoms with Crippen LogP contribution in [0.4, 0.5) is 0 Å². The molecule has 0 unspecified atom stereocenters. The molecule has 0 bridgehead atoms. The molecule has 0 radical (unpaired) electrons. The van der Waals surface area contributed by atoms with Crippen LogP contribution in [0.2, 0.25) is 0 Å². The average molecular weight is 194 g/mol. The van der Waals surface area contributed by atoms with Crippen molar-refractivity contribution in [2.24, 2.45) is 0 Å². The van der Waals surface area contributed by atoms with Crippen LogP contribution >= 0.6 is 0 Å². The summed E-state index contributed by atoms with van der Waals surface area (Å²) in [5, 5.41) is 4.29. The molecule has 2 rings (SSSR count). The molecule has 76 valence electrons. The molecule has 0 aromatic carbocycles. The van der Waals surface area contributed by atoms with E-state index in [2.05, 4.69) is 25.9 Å². The number of carbonyl (C=O) groups excluding carboxylic acids is 1. The molecule has 14 heavy (non-hydrogen) atoms. The minimum Gasteiger partial charge on any atom is -0.370 e. The van der Waals surface area contributed by atoms with Crippen molar-refractivity contribution < 1.29 is 9.53 Å². The normalized spacial score (nSPS) is 15.6. The summed E-state index contributed by atoms with van der Waals surface area (Å²) in [6.45, 7) is 7.26. The first kappa shape index (κ1) is 9.40. The Hall–Kier alpha value is -1.16. The Balaban J connectivity index is 2.58. The van der Waals surface area contributed by atoms with Crippen molar-refractivity contribution in [3.63, 3.8) is 0 Å². The zero-order chi connectivity index (χ0) is 10.3. The van der Waals surface area contributed by atoms with Gasteiger partial charge in [0.15, 0.2) is 6.29 Å². The van der Waals surface area contributed by atoms with Gasteiger partial charge in [0.25, 0.3) is 0 Å². The molecule has 2 heterocycles. The number of aromatic nitrogens is 2. The standard InChI is InChI=1S/C10H14N2O2/c1-10(2,3)12-9-6-14-5-7(9)8(4-13)11-12/h4H,5-6H2,1-3H3. The van der Waals surface area contributed by atoms with Crippen LogP contribution in [0.5, 0.6) is 0 Å². The summed E-state index contributed by atoms with van der Waals surface area (Å²) in [4.78, 5) is 10.8. The van der Waals surface area contributed by atoms with E-state index in [-0.39, 0.29) is 5.54 Å². The third-order valence-corrected chi connectivity index (χ3v) is 2.35. The largest absolute Gasteiger partial charge is 0.370 e. The van der Waals surface area contributed by atoms with Crippen LogP contribution in [0.25, 0.3) is 0 Å². The molecular formula is C10H14N2O2. The maximum Gasteiger partial charge on any atom is 0.170 e. The van der Waals surface area contributed by atoms with Gasteiger partial charge in [-0.2, -0.15) is 5.10 Å². The fourth-order valence-corrected chi connectivity index (χ4v) is 1.71. The van der Waals surface area contributed by atoms with Crippen LogP contribution in [0, 0.1) is 0 Å². The molecular weight excluding hydrogens is 180 g/mol. The van der Waals surface area contributed by atoms with Crippen LogP contribution < -0.4 is 0 Å². The Labute approximate surface area is 82.9 Å². The van der Waals surface area contributed by atoms with E-state index in [1.807, 2.05) is 4.68 Å². The van der Waals surface area contributed by atoms with Gasteiger partial charge in [0, 0.05) is 5.56 Å². The van der Waals surface area contributed by atoms with Gasteiger partial charge in [-0.1, -0.05) is 0 Å². The third-order valence-electron chi connectivity index (χ3n) is 2.35. The fourth-order valence-electron chi connectivity index (χ4n) is 1.71. The molecule has 0 saturated carbocycles. The number of aldehydes is 1. The van der Waals surface area contributed by atoms with Crippen LogP contribution in [0.1, 0.15) is 42.5 Å². The van der Waals surface area contributed by atoms with Gasteiger partial charge in [-0.05, 0) is 20.8 Å². The Bertz CT molecular complexity index is 374. The highest BCUT2D eigenvalue weighted by molar-refractivity contribution is 5.74. The van der Waals surface area contributed by atoms with Gasteiger partial charge < -0.3 is 4.74 Å². The molecule has 0 fully saturated rings. The Kier molecular flexibility index (Phi) is 1.96. The van der Waals surface area contributed by atoms with E-state index < -0.39 is 0 Å². The van der Waals surface area contributed by atoms with Gasteiger partial charge in [-0.3, -0.25) is 9.48 Å². The van der Waals surface area contributed by atoms with E-state index in [1.54, 1.807) is 0 Å².